The van der Waals surface area contributed by atoms with Gasteiger partial charge < -0.3 is 5.73 Å². The van der Waals surface area contributed by atoms with Crippen molar-refractivity contribution in [2.24, 2.45) is 5.73 Å². The van der Waals surface area contributed by atoms with E-state index in [9.17, 15) is 0 Å². The summed E-state index contributed by atoms with van der Waals surface area (Å²) in [4.78, 5) is 0. The molecule has 0 saturated carbocycles. The topological polar surface area (TPSA) is 26.0 Å². The van der Waals surface area contributed by atoms with Gasteiger partial charge in [0, 0.05) is 5.54 Å². The van der Waals surface area contributed by atoms with E-state index in [1.165, 1.54) is 27.8 Å². The molecule has 0 radical (unpaired) electrons. The Morgan fingerprint density at radius 1 is 0.895 bits per heavy atom. The summed E-state index contributed by atoms with van der Waals surface area (Å²) in [5.41, 5.74) is 13.6. The van der Waals surface area contributed by atoms with Crippen LogP contribution in [0.1, 0.15) is 27.8 Å². The minimum atomic E-state index is -0.111. The van der Waals surface area contributed by atoms with E-state index in [1.54, 1.807) is 0 Å². The van der Waals surface area contributed by atoms with Crippen molar-refractivity contribution < 1.29 is 0 Å². The maximum absolute atomic E-state index is 6.68. The molecule has 1 nitrogen and oxygen atoms in total. The van der Waals surface area contributed by atoms with Gasteiger partial charge in [-0.15, -0.1) is 0 Å². The fourth-order valence-electron chi connectivity index (χ4n) is 3.33. The van der Waals surface area contributed by atoms with Crippen molar-refractivity contribution in [1.82, 2.24) is 0 Å². The van der Waals surface area contributed by atoms with Gasteiger partial charge in [-0.05, 0) is 60.9 Å². The van der Waals surface area contributed by atoms with Crippen LogP contribution in [0.4, 0.5) is 0 Å². The minimum absolute atomic E-state index is 0.111. The van der Waals surface area contributed by atoms with E-state index >= 15 is 0 Å². The molecule has 2 aromatic rings. The van der Waals surface area contributed by atoms with E-state index in [2.05, 4.69) is 56.3 Å². The van der Waals surface area contributed by atoms with E-state index in [0.717, 1.165) is 19.3 Å². The van der Waals surface area contributed by atoms with Gasteiger partial charge in [0.1, 0.15) is 0 Å². The molecule has 2 N–H and O–H groups in total. The Morgan fingerprint density at radius 2 is 1.42 bits per heavy atom. The quantitative estimate of drug-likeness (QED) is 0.870. The van der Waals surface area contributed by atoms with Crippen molar-refractivity contribution >= 4 is 0 Å². The molecule has 2 aromatic carbocycles. The highest BCUT2D eigenvalue weighted by atomic mass is 14.8. The highest BCUT2D eigenvalue weighted by Crippen LogP contribution is 2.32. The highest BCUT2D eigenvalue weighted by molar-refractivity contribution is 5.40. The SMILES string of the molecule is Cc1cccc(C)c1CC1(N)Cc2ccccc2C1. The molecule has 19 heavy (non-hydrogen) atoms. The molecule has 0 aliphatic heterocycles. The van der Waals surface area contributed by atoms with Crippen LogP contribution < -0.4 is 5.73 Å². The molecule has 0 fully saturated rings. The van der Waals surface area contributed by atoms with Crippen LogP contribution in [-0.4, -0.2) is 5.54 Å². The van der Waals surface area contributed by atoms with Crippen LogP contribution in [0.25, 0.3) is 0 Å². The molecule has 0 atom stereocenters. The van der Waals surface area contributed by atoms with Gasteiger partial charge in [0.2, 0.25) is 0 Å². The maximum atomic E-state index is 6.68. The average Bonchev–Trinajstić information content (AvgIpc) is 2.70. The maximum Gasteiger partial charge on any atom is 0.0277 e. The minimum Gasteiger partial charge on any atom is -0.324 e. The van der Waals surface area contributed by atoms with Gasteiger partial charge in [-0.2, -0.15) is 0 Å². The lowest BCUT2D eigenvalue weighted by atomic mass is 9.85. The van der Waals surface area contributed by atoms with Crippen molar-refractivity contribution in [1.29, 1.82) is 0 Å². The van der Waals surface area contributed by atoms with Gasteiger partial charge in [0.15, 0.2) is 0 Å². The standard InChI is InChI=1S/C18H21N/c1-13-6-5-7-14(2)17(13)12-18(19)10-15-8-3-4-9-16(15)11-18/h3-9H,10-12,19H2,1-2H3. The smallest absolute Gasteiger partial charge is 0.0277 e. The van der Waals surface area contributed by atoms with Crippen LogP contribution >= 0.6 is 0 Å². The zero-order chi connectivity index (χ0) is 13.5. The van der Waals surface area contributed by atoms with E-state index < -0.39 is 0 Å². The molecule has 1 heteroatoms. The van der Waals surface area contributed by atoms with Crippen molar-refractivity contribution in [3.05, 3.63) is 70.3 Å². The third-order valence-electron chi connectivity index (χ3n) is 4.38. The first kappa shape index (κ1) is 12.4. The van der Waals surface area contributed by atoms with Gasteiger partial charge in [-0.25, -0.2) is 0 Å². The molecule has 3 rings (SSSR count). The van der Waals surface area contributed by atoms with Crippen molar-refractivity contribution in [3.8, 4) is 0 Å². The predicted molar refractivity (Wildman–Crippen MR) is 80.4 cm³/mol. The second-order valence-corrected chi connectivity index (χ2v) is 6.03. The predicted octanol–water partition coefficient (Wildman–Crippen LogP) is 3.34. The summed E-state index contributed by atoms with van der Waals surface area (Å²) in [6.45, 7) is 4.38. The van der Waals surface area contributed by atoms with Gasteiger partial charge in [0.25, 0.3) is 0 Å². The van der Waals surface area contributed by atoms with Gasteiger partial charge in [-0.3, -0.25) is 0 Å². The summed E-state index contributed by atoms with van der Waals surface area (Å²) in [5, 5.41) is 0. The van der Waals surface area contributed by atoms with Crippen LogP contribution in [0.2, 0.25) is 0 Å². The van der Waals surface area contributed by atoms with Gasteiger partial charge in [0.05, 0.1) is 0 Å². The summed E-state index contributed by atoms with van der Waals surface area (Å²) >= 11 is 0. The van der Waals surface area contributed by atoms with Crippen LogP contribution in [-0.2, 0) is 19.3 Å². The fraction of sp³-hybridized carbons (Fsp3) is 0.333. The number of rotatable bonds is 2. The molecule has 0 saturated heterocycles. The number of hydrogen-bond acceptors (Lipinski definition) is 1. The lowest BCUT2D eigenvalue weighted by molar-refractivity contribution is 0.444. The van der Waals surface area contributed by atoms with Crippen LogP contribution in [0.5, 0.6) is 0 Å². The molecule has 98 valence electrons. The molecular formula is C18H21N. The summed E-state index contributed by atoms with van der Waals surface area (Å²) in [6.07, 6.45) is 2.97. The van der Waals surface area contributed by atoms with E-state index in [0.29, 0.717) is 0 Å². The molecular weight excluding hydrogens is 230 g/mol. The van der Waals surface area contributed by atoms with Gasteiger partial charge >= 0.3 is 0 Å². The fourth-order valence-corrected chi connectivity index (χ4v) is 3.33. The number of benzene rings is 2. The lowest BCUT2D eigenvalue weighted by Crippen LogP contribution is -2.43. The molecule has 1 aliphatic rings. The molecule has 0 aromatic heterocycles. The molecule has 1 aliphatic carbocycles. The first-order chi connectivity index (χ1) is 9.07. The molecule has 0 spiro atoms. The Hall–Kier alpha value is -1.60. The first-order valence-corrected chi connectivity index (χ1v) is 6.98. The third-order valence-corrected chi connectivity index (χ3v) is 4.38. The number of aryl methyl sites for hydroxylation is 2. The van der Waals surface area contributed by atoms with Crippen molar-refractivity contribution in [2.45, 2.75) is 38.6 Å². The zero-order valence-corrected chi connectivity index (χ0v) is 11.7. The second-order valence-electron chi connectivity index (χ2n) is 6.03. The Labute approximate surface area is 115 Å². The van der Waals surface area contributed by atoms with Crippen molar-refractivity contribution in [3.63, 3.8) is 0 Å². The highest BCUT2D eigenvalue weighted by Gasteiger charge is 2.33. The Bertz CT molecular complexity index is 568. The number of hydrogen-bond donors (Lipinski definition) is 1. The van der Waals surface area contributed by atoms with Crippen LogP contribution in [0.3, 0.4) is 0 Å². The summed E-state index contributed by atoms with van der Waals surface area (Å²) in [6, 6.07) is 15.2. The zero-order valence-electron chi connectivity index (χ0n) is 11.7. The Kier molecular flexibility index (Phi) is 2.94. The normalized spacial score (nSPS) is 16.4. The van der Waals surface area contributed by atoms with Crippen LogP contribution in [0, 0.1) is 13.8 Å². The van der Waals surface area contributed by atoms with E-state index in [1.807, 2.05) is 0 Å². The first-order valence-electron chi connectivity index (χ1n) is 6.98. The Morgan fingerprint density at radius 3 is 1.95 bits per heavy atom. The Balaban J connectivity index is 1.89. The van der Waals surface area contributed by atoms with E-state index in [4.69, 9.17) is 5.73 Å². The largest absolute Gasteiger partial charge is 0.324 e. The molecule has 0 heterocycles. The van der Waals surface area contributed by atoms with Crippen molar-refractivity contribution in [2.75, 3.05) is 0 Å². The monoisotopic (exact) mass is 251 g/mol. The average molecular weight is 251 g/mol. The summed E-state index contributed by atoms with van der Waals surface area (Å²) < 4.78 is 0. The summed E-state index contributed by atoms with van der Waals surface area (Å²) in [7, 11) is 0. The third kappa shape index (κ3) is 2.31. The number of nitrogens with two attached hydrogens (primary N) is 1. The van der Waals surface area contributed by atoms with E-state index in [-0.39, 0.29) is 5.54 Å². The summed E-state index contributed by atoms with van der Waals surface area (Å²) in [5.74, 6) is 0. The van der Waals surface area contributed by atoms with Crippen LogP contribution in [0.15, 0.2) is 42.5 Å². The molecule has 0 unspecified atom stereocenters. The second kappa shape index (κ2) is 4.50. The molecule has 0 bridgehead atoms. The lowest BCUT2D eigenvalue weighted by Gasteiger charge is -2.25. The number of fused-ring (bicyclic) bond motifs is 1. The molecule has 0 amide bonds. The van der Waals surface area contributed by atoms with Gasteiger partial charge in [-0.1, -0.05) is 42.5 Å².